The number of halogens is 2. The Kier molecular flexibility index (Phi) is 3.92. The quantitative estimate of drug-likeness (QED) is 0.568. The van der Waals surface area contributed by atoms with Gasteiger partial charge in [-0.25, -0.2) is 4.98 Å². The topological polar surface area (TPSA) is 17.8 Å². The molecule has 0 amide bonds. The van der Waals surface area contributed by atoms with Crippen LogP contribution in [0.5, 0.6) is 0 Å². The fraction of sp³-hybridized carbons (Fsp3) is 0.235. The number of aromatic nitrogens is 2. The van der Waals surface area contributed by atoms with Crippen molar-refractivity contribution < 1.29 is 0 Å². The van der Waals surface area contributed by atoms with Crippen LogP contribution in [0.2, 0.25) is 5.02 Å². The van der Waals surface area contributed by atoms with Crippen LogP contribution in [0.15, 0.2) is 42.5 Å². The van der Waals surface area contributed by atoms with E-state index >= 15 is 0 Å². The van der Waals surface area contributed by atoms with Gasteiger partial charge in [-0.05, 0) is 37.6 Å². The second-order valence-electron chi connectivity index (χ2n) is 5.36. The molecule has 108 valence electrons. The SMILES string of the molecule is CC(C)n1c(-c2ccc(CCl)cc2)nc2ccc(Cl)cc21. The van der Waals surface area contributed by atoms with Gasteiger partial charge in [-0.3, -0.25) is 0 Å². The molecule has 3 rings (SSSR count). The van der Waals surface area contributed by atoms with E-state index in [0.717, 1.165) is 33.0 Å². The lowest BCUT2D eigenvalue weighted by Gasteiger charge is -2.13. The zero-order chi connectivity index (χ0) is 15.0. The Hall–Kier alpha value is -1.51. The standard InChI is InChI=1S/C17H16Cl2N2/c1-11(2)21-16-9-14(19)7-8-15(16)20-17(21)13-5-3-12(10-18)4-6-13/h3-9,11H,10H2,1-2H3. The maximum Gasteiger partial charge on any atom is 0.141 e. The number of nitrogens with zero attached hydrogens (tertiary/aromatic N) is 2. The van der Waals surface area contributed by atoms with Gasteiger partial charge in [0.25, 0.3) is 0 Å². The second kappa shape index (κ2) is 5.70. The predicted octanol–water partition coefficient (Wildman–Crippen LogP) is 5.68. The molecule has 1 aromatic heterocycles. The van der Waals surface area contributed by atoms with Gasteiger partial charge in [0.2, 0.25) is 0 Å². The van der Waals surface area contributed by atoms with Crippen molar-refractivity contribution in [2.75, 3.05) is 0 Å². The van der Waals surface area contributed by atoms with Crippen molar-refractivity contribution in [3.8, 4) is 11.4 Å². The summed E-state index contributed by atoms with van der Waals surface area (Å²) >= 11 is 12.0. The molecule has 0 aliphatic rings. The summed E-state index contributed by atoms with van der Waals surface area (Å²) in [7, 11) is 0. The molecule has 0 aliphatic carbocycles. The Morgan fingerprint density at radius 2 is 1.81 bits per heavy atom. The Labute approximate surface area is 134 Å². The van der Waals surface area contributed by atoms with Gasteiger partial charge in [-0.1, -0.05) is 35.9 Å². The van der Waals surface area contributed by atoms with Gasteiger partial charge in [0.1, 0.15) is 5.82 Å². The van der Waals surface area contributed by atoms with Crippen molar-refractivity contribution in [3.05, 3.63) is 53.1 Å². The van der Waals surface area contributed by atoms with Crippen molar-refractivity contribution in [3.63, 3.8) is 0 Å². The van der Waals surface area contributed by atoms with Crippen LogP contribution in [0.4, 0.5) is 0 Å². The molecular formula is C17H16Cl2N2. The molecule has 3 aromatic rings. The molecule has 0 unspecified atom stereocenters. The van der Waals surface area contributed by atoms with E-state index in [1.54, 1.807) is 0 Å². The zero-order valence-electron chi connectivity index (χ0n) is 12.0. The third-order valence-electron chi connectivity index (χ3n) is 3.53. The summed E-state index contributed by atoms with van der Waals surface area (Å²) in [4.78, 5) is 4.77. The molecule has 2 nitrogen and oxygen atoms in total. The first kappa shape index (κ1) is 14.4. The van der Waals surface area contributed by atoms with E-state index in [1.165, 1.54) is 0 Å². The molecular weight excluding hydrogens is 303 g/mol. The number of hydrogen-bond acceptors (Lipinski definition) is 1. The molecule has 0 bridgehead atoms. The highest BCUT2D eigenvalue weighted by molar-refractivity contribution is 6.31. The van der Waals surface area contributed by atoms with Gasteiger partial charge in [0.15, 0.2) is 0 Å². The molecule has 1 heterocycles. The van der Waals surface area contributed by atoms with Crippen LogP contribution in [0.1, 0.15) is 25.5 Å². The zero-order valence-corrected chi connectivity index (χ0v) is 13.5. The Morgan fingerprint density at radius 3 is 2.43 bits per heavy atom. The molecule has 0 saturated heterocycles. The van der Waals surface area contributed by atoms with E-state index in [-0.39, 0.29) is 0 Å². The van der Waals surface area contributed by atoms with Gasteiger partial charge in [0, 0.05) is 22.5 Å². The first-order valence-electron chi connectivity index (χ1n) is 6.93. The normalized spacial score (nSPS) is 11.5. The average Bonchev–Trinajstić information content (AvgIpc) is 2.86. The van der Waals surface area contributed by atoms with E-state index in [0.29, 0.717) is 11.9 Å². The molecule has 0 spiro atoms. The largest absolute Gasteiger partial charge is 0.321 e. The molecule has 0 saturated carbocycles. The molecule has 21 heavy (non-hydrogen) atoms. The number of alkyl halides is 1. The van der Waals surface area contributed by atoms with Crippen molar-refractivity contribution in [1.29, 1.82) is 0 Å². The van der Waals surface area contributed by atoms with Crippen molar-refractivity contribution >= 4 is 34.2 Å². The Balaban J connectivity index is 2.23. The summed E-state index contributed by atoms with van der Waals surface area (Å²) < 4.78 is 2.22. The Bertz CT molecular complexity index is 773. The van der Waals surface area contributed by atoms with Crippen LogP contribution in [-0.4, -0.2) is 9.55 Å². The highest BCUT2D eigenvalue weighted by Crippen LogP contribution is 2.30. The summed E-state index contributed by atoms with van der Waals surface area (Å²) in [5, 5.41) is 0.730. The lowest BCUT2D eigenvalue weighted by atomic mass is 10.1. The molecule has 0 fully saturated rings. The lowest BCUT2D eigenvalue weighted by Crippen LogP contribution is -2.03. The fourth-order valence-corrected chi connectivity index (χ4v) is 2.88. The van der Waals surface area contributed by atoms with Crippen LogP contribution in [-0.2, 0) is 5.88 Å². The van der Waals surface area contributed by atoms with Gasteiger partial charge in [0.05, 0.1) is 11.0 Å². The molecule has 0 radical (unpaired) electrons. The van der Waals surface area contributed by atoms with Crippen molar-refractivity contribution in [2.24, 2.45) is 0 Å². The summed E-state index contributed by atoms with van der Waals surface area (Å²) in [5.41, 5.74) is 4.22. The van der Waals surface area contributed by atoms with E-state index in [2.05, 4.69) is 30.5 Å². The van der Waals surface area contributed by atoms with Gasteiger partial charge < -0.3 is 4.57 Å². The van der Waals surface area contributed by atoms with Gasteiger partial charge in [-0.15, -0.1) is 11.6 Å². The number of rotatable bonds is 3. The summed E-state index contributed by atoms with van der Waals surface area (Å²) in [6.07, 6.45) is 0. The lowest BCUT2D eigenvalue weighted by molar-refractivity contribution is 0.624. The van der Waals surface area contributed by atoms with Crippen LogP contribution in [0.25, 0.3) is 22.4 Å². The molecule has 4 heteroatoms. The first-order valence-corrected chi connectivity index (χ1v) is 7.84. The third kappa shape index (κ3) is 2.66. The van der Waals surface area contributed by atoms with E-state index in [9.17, 15) is 0 Å². The summed E-state index contributed by atoms with van der Waals surface area (Å²) in [5.74, 6) is 1.49. The monoisotopic (exact) mass is 318 g/mol. The van der Waals surface area contributed by atoms with Crippen LogP contribution < -0.4 is 0 Å². The smallest absolute Gasteiger partial charge is 0.141 e. The maximum atomic E-state index is 6.13. The van der Waals surface area contributed by atoms with E-state index in [1.807, 2.05) is 30.3 Å². The first-order chi connectivity index (χ1) is 10.1. The van der Waals surface area contributed by atoms with Crippen molar-refractivity contribution in [1.82, 2.24) is 9.55 Å². The molecule has 0 atom stereocenters. The average molecular weight is 319 g/mol. The summed E-state index contributed by atoms with van der Waals surface area (Å²) in [6.45, 7) is 4.30. The third-order valence-corrected chi connectivity index (χ3v) is 4.08. The second-order valence-corrected chi connectivity index (χ2v) is 6.07. The van der Waals surface area contributed by atoms with Crippen LogP contribution in [0, 0.1) is 0 Å². The van der Waals surface area contributed by atoms with Gasteiger partial charge >= 0.3 is 0 Å². The molecule has 2 aromatic carbocycles. The minimum Gasteiger partial charge on any atom is -0.321 e. The Morgan fingerprint density at radius 1 is 1.10 bits per heavy atom. The minimum atomic E-state index is 0.302. The molecule has 0 N–H and O–H groups in total. The van der Waals surface area contributed by atoms with Crippen molar-refractivity contribution in [2.45, 2.75) is 25.8 Å². The number of hydrogen-bond donors (Lipinski definition) is 0. The fourth-order valence-electron chi connectivity index (χ4n) is 2.54. The van der Waals surface area contributed by atoms with E-state index < -0.39 is 0 Å². The minimum absolute atomic E-state index is 0.302. The highest BCUT2D eigenvalue weighted by Gasteiger charge is 2.15. The maximum absolute atomic E-state index is 6.13. The van der Waals surface area contributed by atoms with Crippen LogP contribution >= 0.6 is 23.2 Å². The highest BCUT2D eigenvalue weighted by atomic mass is 35.5. The predicted molar refractivity (Wildman–Crippen MR) is 90.1 cm³/mol. The number of fused-ring (bicyclic) bond motifs is 1. The van der Waals surface area contributed by atoms with Gasteiger partial charge in [-0.2, -0.15) is 0 Å². The number of benzene rings is 2. The summed E-state index contributed by atoms with van der Waals surface area (Å²) in [6, 6.07) is 14.3. The number of imidazole rings is 1. The molecule has 0 aliphatic heterocycles. The van der Waals surface area contributed by atoms with Crippen LogP contribution in [0.3, 0.4) is 0 Å². The van der Waals surface area contributed by atoms with E-state index in [4.69, 9.17) is 28.2 Å².